The van der Waals surface area contributed by atoms with Gasteiger partial charge in [-0.3, -0.25) is 9.69 Å². The number of benzene rings is 1. The van der Waals surface area contributed by atoms with Gasteiger partial charge in [-0.05, 0) is 35.4 Å². The highest BCUT2D eigenvalue weighted by molar-refractivity contribution is 6.07. The van der Waals surface area contributed by atoms with Gasteiger partial charge in [0.15, 0.2) is 0 Å². The number of carbonyl (C=O) groups excluding carboxylic acids is 2. The second-order valence-corrected chi connectivity index (χ2v) is 8.99. The topological polar surface area (TPSA) is 99.5 Å². The monoisotopic (exact) mass is 438 g/mol. The van der Waals surface area contributed by atoms with Crippen molar-refractivity contribution in [2.24, 2.45) is 0 Å². The average Bonchev–Trinajstić information content (AvgIpc) is 3.37. The molecular weight excluding hydrogens is 408 g/mol. The second kappa shape index (κ2) is 8.85. The summed E-state index contributed by atoms with van der Waals surface area (Å²) < 4.78 is 1.74. The van der Waals surface area contributed by atoms with Crippen molar-refractivity contribution in [1.29, 1.82) is 0 Å². The summed E-state index contributed by atoms with van der Waals surface area (Å²) in [6.45, 7) is 3.24. The molecule has 0 bridgehead atoms. The summed E-state index contributed by atoms with van der Waals surface area (Å²) in [6, 6.07) is 9.58. The first kappa shape index (κ1) is 20.9. The maximum absolute atomic E-state index is 13.3. The molecule has 10 heteroatoms. The highest BCUT2D eigenvalue weighted by atomic mass is 16.2. The van der Waals surface area contributed by atoms with E-state index in [1.54, 1.807) is 4.68 Å². The summed E-state index contributed by atoms with van der Waals surface area (Å²) in [4.78, 5) is 31.7. The lowest BCUT2D eigenvalue weighted by Crippen LogP contribution is -2.52. The largest absolute Gasteiger partial charge is 0.337 e. The van der Waals surface area contributed by atoms with Crippen LogP contribution in [0.5, 0.6) is 0 Å². The zero-order chi connectivity index (χ0) is 22.0. The highest BCUT2D eigenvalue weighted by Crippen LogP contribution is 2.32. The molecule has 2 aliphatic heterocycles. The van der Waals surface area contributed by atoms with Crippen molar-refractivity contribution in [2.75, 3.05) is 37.7 Å². The Bertz CT molecular complexity index is 946. The van der Waals surface area contributed by atoms with E-state index < -0.39 is 5.54 Å². The van der Waals surface area contributed by atoms with Crippen molar-refractivity contribution in [3.8, 4) is 5.69 Å². The number of anilines is 1. The summed E-state index contributed by atoms with van der Waals surface area (Å²) in [7, 11) is 0. The van der Waals surface area contributed by atoms with E-state index in [1.165, 1.54) is 11.3 Å². The minimum absolute atomic E-state index is 0.0418. The first-order valence-corrected chi connectivity index (χ1v) is 11.6. The van der Waals surface area contributed by atoms with Crippen molar-refractivity contribution in [3.63, 3.8) is 0 Å². The van der Waals surface area contributed by atoms with E-state index in [0.29, 0.717) is 12.6 Å². The van der Waals surface area contributed by atoms with Crippen LogP contribution in [0.4, 0.5) is 10.7 Å². The molecule has 1 aliphatic carbocycles. The van der Waals surface area contributed by atoms with Gasteiger partial charge in [0.05, 0.1) is 12.4 Å². The van der Waals surface area contributed by atoms with Crippen LogP contribution in [-0.4, -0.2) is 80.3 Å². The summed E-state index contributed by atoms with van der Waals surface area (Å²) in [5.74, 6) is 0.666. The van der Waals surface area contributed by atoms with E-state index in [1.807, 2.05) is 30.3 Å². The number of aromatic nitrogens is 4. The Kier molecular flexibility index (Phi) is 5.77. The summed E-state index contributed by atoms with van der Waals surface area (Å²) >= 11 is 0. The Morgan fingerprint density at radius 2 is 1.59 bits per heavy atom. The van der Waals surface area contributed by atoms with E-state index in [0.717, 1.165) is 70.4 Å². The zero-order valence-corrected chi connectivity index (χ0v) is 18.3. The molecule has 170 valence electrons. The molecule has 2 aromatic rings. The molecule has 2 saturated heterocycles. The molecule has 3 aliphatic rings. The number of rotatable bonds is 4. The Morgan fingerprint density at radius 3 is 2.31 bits per heavy atom. The molecule has 1 aromatic heterocycles. The molecule has 10 nitrogen and oxygen atoms in total. The molecule has 3 heterocycles. The van der Waals surface area contributed by atoms with E-state index >= 15 is 0 Å². The lowest BCUT2D eigenvalue weighted by atomic mass is 9.84. The number of carbonyl (C=O) groups is 2. The number of para-hydroxylation sites is 1. The molecule has 0 radical (unpaired) electrons. The maximum Gasteiger partial charge on any atom is 0.326 e. The van der Waals surface area contributed by atoms with Crippen LogP contribution in [0.1, 0.15) is 44.9 Å². The van der Waals surface area contributed by atoms with Crippen molar-refractivity contribution in [2.45, 2.75) is 50.5 Å². The van der Waals surface area contributed by atoms with Gasteiger partial charge in [0.25, 0.3) is 5.91 Å². The molecule has 0 atom stereocenters. The van der Waals surface area contributed by atoms with Crippen LogP contribution >= 0.6 is 0 Å². The van der Waals surface area contributed by atoms with Gasteiger partial charge in [-0.2, -0.15) is 4.68 Å². The molecule has 0 unspecified atom stereocenters. The fourth-order valence-electron chi connectivity index (χ4n) is 5.06. The molecule has 1 spiro atoms. The van der Waals surface area contributed by atoms with Gasteiger partial charge in [0.1, 0.15) is 5.54 Å². The Balaban J connectivity index is 1.21. The van der Waals surface area contributed by atoms with Crippen LogP contribution in [-0.2, 0) is 4.79 Å². The quantitative estimate of drug-likeness (QED) is 0.727. The van der Waals surface area contributed by atoms with Crippen molar-refractivity contribution in [3.05, 3.63) is 30.3 Å². The third kappa shape index (κ3) is 3.94. The van der Waals surface area contributed by atoms with Crippen molar-refractivity contribution >= 4 is 17.9 Å². The predicted molar refractivity (Wildman–Crippen MR) is 118 cm³/mol. The molecule has 1 aromatic carbocycles. The fourth-order valence-corrected chi connectivity index (χ4v) is 5.06. The first-order chi connectivity index (χ1) is 15.7. The smallest absolute Gasteiger partial charge is 0.326 e. The van der Waals surface area contributed by atoms with Crippen molar-refractivity contribution < 1.29 is 9.59 Å². The van der Waals surface area contributed by atoms with E-state index in [-0.39, 0.29) is 11.9 Å². The van der Waals surface area contributed by atoms with Gasteiger partial charge >= 0.3 is 6.03 Å². The Labute approximate surface area is 187 Å². The minimum Gasteiger partial charge on any atom is -0.337 e. The summed E-state index contributed by atoms with van der Waals surface area (Å²) in [6.07, 6.45) is 6.99. The van der Waals surface area contributed by atoms with Crippen LogP contribution in [0.3, 0.4) is 0 Å². The molecular formula is C22H30N8O2. The van der Waals surface area contributed by atoms with E-state index in [4.69, 9.17) is 0 Å². The predicted octanol–water partition coefficient (Wildman–Crippen LogP) is 1.78. The normalized spacial score (nSPS) is 22.1. The molecule has 5 rings (SSSR count). The molecule has 3 amide bonds. The SMILES string of the molecule is O=C1NC2(CCCCCCC2)C(=O)N1CN1CCN(c2nnnn2-c2ccccc2)CC1. The number of hydrogen-bond donors (Lipinski definition) is 1. The van der Waals surface area contributed by atoms with Crippen LogP contribution < -0.4 is 10.2 Å². The molecule has 32 heavy (non-hydrogen) atoms. The van der Waals surface area contributed by atoms with Gasteiger partial charge in [-0.25, -0.2) is 9.69 Å². The number of hydrogen-bond acceptors (Lipinski definition) is 7. The van der Waals surface area contributed by atoms with Crippen LogP contribution in [0.15, 0.2) is 30.3 Å². The second-order valence-electron chi connectivity index (χ2n) is 8.99. The third-order valence-corrected chi connectivity index (χ3v) is 6.90. The Morgan fingerprint density at radius 1 is 0.906 bits per heavy atom. The van der Waals surface area contributed by atoms with Crippen molar-refractivity contribution in [1.82, 2.24) is 35.3 Å². The van der Waals surface area contributed by atoms with Crippen LogP contribution in [0.2, 0.25) is 0 Å². The number of amides is 3. The number of urea groups is 1. The third-order valence-electron chi connectivity index (χ3n) is 6.90. The number of nitrogens with zero attached hydrogens (tertiary/aromatic N) is 7. The summed E-state index contributed by atoms with van der Waals surface area (Å²) in [5.41, 5.74) is 0.232. The van der Waals surface area contributed by atoms with Gasteiger partial charge in [-0.1, -0.05) is 55.4 Å². The lowest BCUT2D eigenvalue weighted by Gasteiger charge is -2.36. The number of tetrazole rings is 1. The lowest BCUT2D eigenvalue weighted by molar-refractivity contribution is -0.133. The first-order valence-electron chi connectivity index (χ1n) is 11.6. The van der Waals surface area contributed by atoms with Gasteiger partial charge in [0, 0.05) is 26.2 Å². The van der Waals surface area contributed by atoms with Gasteiger partial charge in [-0.15, -0.1) is 0 Å². The molecule has 3 fully saturated rings. The number of piperazine rings is 1. The standard InChI is InChI=1S/C22H30N8O2/c31-19-22(11-7-2-1-3-8-12-22)23-21(32)29(19)17-27-13-15-28(16-14-27)20-24-25-26-30(20)18-9-5-4-6-10-18/h4-6,9-10H,1-3,7-8,11-17H2,(H,23,32). The highest BCUT2D eigenvalue weighted by Gasteiger charge is 2.50. The van der Waals surface area contributed by atoms with Gasteiger partial charge < -0.3 is 10.2 Å². The zero-order valence-electron chi connectivity index (χ0n) is 18.3. The van der Waals surface area contributed by atoms with E-state index in [2.05, 4.69) is 30.6 Å². The van der Waals surface area contributed by atoms with E-state index in [9.17, 15) is 9.59 Å². The summed E-state index contributed by atoms with van der Waals surface area (Å²) in [5, 5.41) is 15.3. The van der Waals surface area contributed by atoms with Gasteiger partial charge in [0.2, 0.25) is 5.95 Å². The van der Waals surface area contributed by atoms with Crippen LogP contribution in [0, 0.1) is 0 Å². The fraction of sp³-hybridized carbons (Fsp3) is 0.591. The average molecular weight is 439 g/mol. The molecule has 1 saturated carbocycles. The number of nitrogens with one attached hydrogen (secondary N) is 1. The number of imide groups is 1. The Hall–Kier alpha value is -3.01. The van der Waals surface area contributed by atoms with Crippen LogP contribution in [0.25, 0.3) is 5.69 Å². The molecule has 1 N–H and O–H groups in total. The minimum atomic E-state index is -0.683. The maximum atomic E-state index is 13.3.